The van der Waals surface area contributed by atoms with Gasteiger partial charge in [-0.1, -0.05) is 195 Å². The molecule has 0 amide bonds. The number of nitrogens with zero attached hydrogens (tertiary/aromatic N) is 6. The first-order chi connectivity index (χ1) is 65.5. The van der Waals surface area contributed by atoms with Crippen LogP contribution in [0.2, 0.25) is 0 Å². The minimum atomic E-state index is -1.88. The normalized spacial score (nSPS) is 15.0. The molecule has 136 heavy (non-hydrogen) atoms. The third-order valence-electron chi connectivity index (χ3n) is 26.9. The summed E-state index contributed by atoms with van der Waals surface area (Å²) in [6, 6.07) is 96.3. The molecular formula is C121H146Cl5CuN6PRu2-. The van der Waals surface area contributed by atoms with Crippen molar-refractivity contribution in [3.63, 3.8) is 0 Å². The maximum absolute atomic E-state index is 6.19. The molecule has 728 valence electrons. The van der Waals surface area contributed by atoms with Gasteiger partial charge in [-0.3, -0.25) is 4.90 Å². The van der Waals surface area contributed by atoms with Crippen molar-refractivity contribution in [2.75, 3.05) is 45.8 Å². The number of halogens is 5. The first-order valence-corrected chi connectivity index (χ1v) is 62.4. The molecule has 12 aromatic rings. The van der Waals surface area contributed by atoms with Crippen LogP contribution in [0, 0.1) is 96.4 Å². The van der Waals surface area contributed by atoms with Crippen molar-refractivity contribution in [1.29, 1.82) is 0 Å². The molecule has 0 radical (unpaired) electrons. The van der Waals surface area contributed by atoms with E-state index < -0.39 is 27.0 Å². The van der Waals surface area contributed by atoms with Crippen molar-refractivity contribution in [2.45, 2.75) is 243 Å². The van der Waals surface area contributed by atoms with Crippen LogP contribution in [0.4, 0.5) is 22.7 Å². The summed E-state index contributed by atoms with van der Waals surface area (Å²) in [5.41, 5.74) is 40.5. The van der Waals surface area contributed by atoms with Gasteiger partial charge in [0.1, 0.15) is 0 Å². The van der Waals surface area contributed by atoms with E-state index in [9.17, 15) is 0 Å². The van der Waals surface area contributed by atoms with Gasteiger partial charge in [-0.05, 0) is 227 Å². The summed E-state index contributed by atoms with van der Waals surface area (Å²) in [5, 5.41) is 0. The van der Waals surface area contributed by atoms with Gasteiger partial charge in [-0.25, -0.2) is 0 Å². The Morgan fingerprint density at radius 2 is 0.610 bits per heavy atom. The molecule has 4 aliphatic carbocycles. The van der Waals surface area contributed by atoms with E-state index in [1.807, 2.05) is 41.0 Å². The van der Waals surface area contributed by atoms with Crippen LogP contribution < -0.4 is 19.6 Å². The van der Waals surface area contributed by atoms with E-state index in [1.54, 1.807) is 96.3 Å². The number of anilines is 4. The molecule has 15 heteroatoms. The summed E-state index contributed by atoms with van der Waals surface area (Å²) >= 11 is -0.0687. The van der Waals surface area contributed by atoms with Crippen molar-refractivity contribution in [3.8, 4) is 0 Å². The van der Waals surface area contributed by atoms with Gasteiger partial charge in [-0.2, -0.15) is 13.3 Å². The zero-order valence-electron chi connectivity index (χ0n) is 81.6. The number of allylic oxidation sites excluding steroid dienone is 1. The van der Waals surface area contributed by atoms with Gasteiger partial charge >= 0.3 is 314 Å². The van der Waals surface area contributed by atoms with E-state index in [-0.39, 0.29) is 15.3 Å². The first kappa shape index (κ1) is 109. The molecule has 6 nitrogen and oxygen atoms in total. The van der Waals surface area contributed by atoms with Crippen molar-refractivity contribution < 1.29 is 42.1 Å². The van der Waals surface area contributed by atoms with Gasteiger partial charge in [0.05, 0.1) is 17.0 Å². The molecule has 2 heterocycles. The summed E-state index contributed by atoms with van der Waals surface area (Å²) in [4.78, 5) is 14.6. The molecule has 0 aromatic heterocycles. The Bertz CT molecular complexity index is 5360. The Kier molecular flexibility index (Phi) is 45.1. The summed E-state index contributed by atoms with van der Waals surface area (Å²) in [7, 11) is 28.8. The Hall–Kier alpha value is -7.37. The van der Waals surface area contributed by atoms with Crippen LogP contribution in [-0.4, -0.2) is 61.7 Å². The topological polar surface area (TPSA) is 19.4 Å². The Morgan fingerprint density at radius 1 is 0.346 bits per heavy atom. The molecule has 0 bridgehead atoms. The predicted octanol–water partition coefficient (Wildman–Crippen LogP) is 33.6. The summed E-state index contributed by atoms with van der Waals surface area (Å²) in [6.07, 6.45) is 27.9. The summed E-state index contributed by atoms with van der Waals surface area (Å²) < 4.78 is 3.16. The summed E-state index contributed by atoms with van der Waals surface area (Å²) in [5.74, 6) is 0. The Labute approximate surface area is 859 Å². The number of benzene rings is 12. The van der Waals surface area contributed by atoms with Crippen LogP contribution in [0.5, 0.6) is 0 Å². The van der Waals surface area contributed by atoms with Crippen LogP contribution in [0.3, 0.4) is 0 Å². The van der Waals surface area contributed by atoms with E-state index in [2.05, 4.69) is 406 Å². The number of aryl methyl sites for hydroxylation is 12. The fourth-order valence-electron chi connectivity index (χ4n) is 21.6. The molecule has 2 aliphatic heterocycles. The van der Waals surface area contributed by atoms with Gasteiger partial charge in [0, 0.05) is 76.5 Å². The quantitative estimate of drug-likeness (QED) is 0.0380. The molecule has 2 saturated heterocycles. The summed E-state index contributed by atoms with van der Waals surface area (Å²) in [6.45, 7) is 44.5. The maximum atomic E-state index is 6.19. The molecule has 5 fully saturated rings. The van der Waals surface area contributed by atoms with Gasteiger partial charge < -0.3 is 19.6 Å². The van der Waals surface area contributed by atoms with Crippen molar-refractivity contribution in [2.24, 2.45) is 0 Å². The zero-order chi connectivity index (χ0) is 95.7. The predicted molar refractivity (Wildman–Crippen MR) is 589 cm³/mol. The van der Waals surface area contributed by atoms with Crippen LogP contribution in [-0.2, 0) is 81.4 Å². The van der Waals surface area contributed by atoms with Gasteiger partial charge in [0.15, 0.2) is 0 Å². The van der Waals surface area contributed by atoms with E-state index in [1.165, 1.54) is 168 Å². The second-order valence-corrected chi connectivity index (χ2v) is 52.6. The standard InChI is InChI=1S/C23H23N.C22H21N.2C21H27N2.C18H33P.C15H10.CH4.5ClH.Cu.2Ru/c1-2-22-15-9-10-16-23(22)19-24(17-20-11-5-3-6-12-20)18-21-13-7-4-8-14-21;1-19-10-8-9-15-22(19)18-23(16-20-11-4-2-5-12-20)17-21-13-6-3-7-14-21;2*1-14-9-16(3)20(17(4)10-14)22-7-8-23(13-22)21-18(5)11-15(2)12-19(21)6;1-4-10-16(11-5-1)19(17-12-6-2-7-13-17)18-14-8-3-9-15-18;1-2-6-12(7-3-1)15-11-10-13-8-4-5-9-14(13)15;;;;;;;;;/h2-16H,1,17-19H2;1-15H,16-18H2;2*9-13H,7-8H2,1-6H3;16-18H,1-15H2;1-9,11H;1H4;5*1H;;;/q;;2*-1;;;;;;;;;+1;2*+2/p-4. The SMILES string of the molecule is C.C1CCC([PH+](C2CCCCC2)C2CCCCC2)CC1.C=Cc1ccccc1CN(Cc1ccccc1)Cc1ccccc1.Cc1cc(C)c(N2[CH-]N(c3c(C)cc(C)cc3C)CC2)c(C)c1.Cc1cc(C)c(N2[CH-]N(c3c(C)cc(C)cc3C)CC2)c(C)c1.[Cl][Cu].[Cl][Ru]([Cl])=[CH]c1ccccc1CN(Cc1ccccc1)Cc1ccccc1.[Cl][Ru]([Cl])=[C]1C=C(c2ccccc2)c2ccccc21. The number of hydrogen-bond acceptors (Lipinski definition) is 6. The average Bonchev–Trinajstić information content (AvgIpc) is 1.61. The van der Waals surface area contributed by atoms with Gasteiger partial charge in [0.2, 0.25) is 0 Å². The Morgan fingerprint density at radius 3 is 0.904 bits per heavy atom. The van der Waals surface area contributed by atoms with E-state index >= 15 is 0 Å². The molecule has 0 unspecified atom stereocenters. The molecule has 3 saturated carbocycles. The molecule has 0 spiro atoms. The first-order valence-electron chi connectivity index (χ1n) is 48.5. The molecule has 0 atom stereocenters. The fraction of sp³-hybridized carbons (Fsp3) is 0.339. The van der Waals surface area contributed by atoms with Crippen LogP contribution in [0.1, 0.15) is 232 Å². The van der Waals surface area contributed by atoms with Crippen molar-refractivity contribution in [1.82, 2.24) is 9.80 Å². The number of fused-ring (bicyclic) bond motifs is 1. The van der Waals surface area contributed by atoms with Crippen molar-refractivity contribution >= 4 is 99.9 Å². The molecule has 0 N–H and O–H groups in total. The second kappa shape index (κ2) is 56.3. The monoisotopic (exact) mass is 2160 g/mol. The molecular weight excluding hydrogens is 2010 g/mol. The zero-order valence-corrected chi connectivity index (χ0v) is 90.8. The third-order valence-corrected chi connectivity index (χ3v) is 36.4. The van der Waals surface area contributed by atoms with Crippen LogP contribution in [0.15, 0.2) is 286 Å². The Balaban J connectivity index is 0.000000156. The molecule has 18 rings (SSSR count). The van der Waals surface area contributed by atoms with E-state index in [4.69, 9.17) is 38.8 Å². The molecule has 6 aliphatic rings. The fourth-order valence-corrected chi connectivity index (χ4v) is 31.2. The van der Waals surface area contributed by atoms with Crippen molar-refractivity contribution in [3.05, 3.63) is 427 Å². The van der Waals surface area contributed by atoms with Crippen LogP contribution >= 0.6 is 56.8 Å². The number of hydrogen-bond donors (Lipinski definition) is 0. The number of rotatable bonds is 22. The van der Waals surface area contributed by atoms with Gasteiger partial charge in [0.25, 0.3) is 0 Å². The average molecular weight is 2160 g/mol. The van der Waals surface area contributed by atoms with Gasteiger partial charge in [-0.15, -0.1) is 0 Å². The van der Waals surface area contributed by atoms with E-state index in [0.717, 1.165) is 75.1 Å². The molecule has 12 aromatic carbocycles. The second-order valence-electron chi connectivity index (χ2n) is 37.6. The minimum absolute atomic E-state index is 0. The van der Waals surface area contributed by atoms with E-state index in [0.29, 0.717) is 0 Å². The van der Waals surface area contributed by atoms with Crippen LogP contribution in [0.25, 0.3) is 11.6 Å². The third kappa shape index (κ3) is 32.1.